The molecule has 1 saturated heterocycles. The molecule has 8 heteroatoms. The van der Waals surface area contributed by atoms with Gasteiger partial charge in [0.25, 0.3) is 11.8 Å². The van der Waals surface area contributed by atoms with Gasteiger partial charge in [-0.3, -0.25) is 4.79 Å². The SMILES string of the molecule is CCOc1ncccc1C(=O)N1CC[C@@H](c2noc(-c3ccsc3)n2)C1. The maximum atomic E-state index is 12.9. The Labute approximate surface area is 154 Å². The molecule has 4 heterocycles. The summed E-state index contributed by atoms with van der Waals surface area (Å²) >= 11 is 1.58. The quantitative estimate of drug-likeness (QED) is 0.686. The van der Waals surface area contributed by atoms with Crippen molar-refractivity contribution in [3.05, 3.63) is 46.5 Å². The zero-order chi connectivity index (χ0) is 17.9. The molecule has 0 unspecified atom stereocenters. The van der Waals surface area contributed by atoms with Crippen LogP contribution in [0.15, 0.2) is 39.7 Å². The number of rotatable bonds is 5. The molecule has 1 atom stereocenters. The number of likely N-dealkylation sites (tertiary alicyclic amines) is 1. The molecule has 1 fully saturated rings. The third kappa shape index (κ3) is 3.20. The number of pyridine rings is 1. The van der Waals surface area contributed by atoms with E-state index in [0.717, 1.165) is 12.0 Å². The number of ether oxygens (including phenoxy) is 1. The van der Waals surface area contributed by atoms with Crippen molar-refractivity contribution in [3.63, 3.8) is 0 Å². The molecule has 1 aliphatic rings. The largest absolute Gasteiger partial charge is 0.477 e. The summed E-state index contributed by atoms with van der Waals surface area (Å²) < 4.78 is 10.8. The van der Waals surface area contributed by atoms with Gasteiger partial charge in [0.05, 0.1) is 12.2 Å². The summed E-state index contributed by atoms with van der Waals surface area (Å²) in [5, 5.41) is 8.05. The number of hydrogen-bond acceptors (Lipinski definition) is 7. The topological polar surface area (TPSA) is 81.4 Å². The van der Waals surface area contributed by atoms with E-state index in [-0.39, 0.29) is 11.8 Å². The summed E-state index contributed by atoms with van der Waals surface area (Å²) in [6, 6.07) is 5.44. The van der Waals surface area contributed by atoms with Crippen LogP contribution in [-0.4, -0.2) is 45.6 Å². The molecule has 0 aliphatic carbocycles. The molecule has 1 aliphatic heterocycles. The van der Waals surface area contributed by atoms with Crippen LogP contribution in [0.25, 0.3) is 11.5 Å². The van der Waals surface area contributed by atoms with Crippen LogP contribution in [0.4, 0.5) is 0 Å². The highest BCUT2D eigenvalue weighted by atomic mass is 32.1. The normalized spacial score (nSPS) is 16.8. The number of thiophene rings is 1. The van der Waals surface area contributed by atoms with E-state index in [2.05, 4.69) is 15.1 Å². The number of aromatic nitrogens is 3. The third-order valence-electron chi connectivity index (χ3n) is 4.33. The van der Waals surface area contributed by atoms with Crippen LogP contribution in [0, 0.1) is 0 Å². The molecule has 1 amide bonds. The van der Waals surface area contributed by atoms with E-state index in [1.807, 2.05) is 23.8 Å². The Morgan fingerprint density at radius 3 is 3.19 bits per heavy atom. The monoisotopic (exact) mass is 370 g/mol. The van der Waals surface area contributed by atoms with Gasteiger partial charge in [0.2, 0.25) is 5.88 Å². The molecule has 0 aromatic carbocycles. The van der Waals surface area contributed by atoms with Crippen molar-refractivity contribution >= 4 is 17.2 Å². The van der Waals surface area contributed by atoms with Crippen LogP contribution < -0.4 is 4.74 Å². The first-order valence-corrected chi connectivity index (χ1v) is 9.43. The molecular weight excluding hydrogens is 352 g/mol. The summed E-state index contributed by atoms with van der Waals surface area (Å²) in [5.74, 6) is 1.55. The lowest BCUT2D eigenvalue weighted by atomic mass is 10.1. The summed E-state index contributed by atoms with van der Waals surface area (Å²) in [4.78, 5) is 23.3. The minimum Gasteiger partial charge on any atom is -0.477 e. The van der Waals surface area contributed by atoms with Gasteiger partial charge in [-0.1, -0.05) is 5.16 Å². The second-order valence-electron chi connectivity index (χ2n) is 6.00. The third-order valence-corrected chi connectivity index (χ3v) is 5.02. The van der Waals surface area contributed by atoms with Crippen LogP contribution in [0.3, 0.4) is 0 Å². The van der Waals surface area contributed by atoms with Gasteiger partial charge in [0, 0.05) is 30.6 Å². The van der Waals surface area contributed by atoms with Crippen LogP contribution in [0.1, 0.15) is 35.4 Å². The summed E-state index contributed by atoms with van der Waals surface area (Å²) in [5.41, 5.74) is 1.42. The first-order chi connectivity index (χ1) is 12.8. The highest BCUT2D eigenvalue weighted by molar-refractivity contribution is 7.08. The van der Waals surface area contributed by atoms with E-state index in [4.69, 9.17) is 9.26 Å². The van der Waals surface area contributed by atoms with Crippen molar-refractivity contribution in [2.75, 3.05) is 19.7 Å². The van der Waals surface area contributed by atoms with Gasteiger partial charge < -0.3 is 14.2 Å². The molecule has 3 aromatic heterocycles. The zero-order valence-electron chi connectivity index (χ0n) is 14.3. The molecule has 4 rings (SSSR count). The van der Waals surface area contributed by atoms with Crippen LogP contribution >= 0.6 is 11.3 Å². The Kier molecular flexibility index (Phi) is 4.66. The van der Waals surface area contributed by atoms with E-state index >= 15 is 0 Å². The van der Waals surface area contributed by atoms with Gasteiger partial charge in [0.15, 0.2) is 5.82 Å². The number of carbonyl (C=O) groups is 1. The Morgan fingerprint density at radius 1 is 1.46 bits per heavy atom. The fourth-order valence-electron chi connectivity index (χ4n) is 3.04. The first kappa shape index (κ1) is 16.7. The second-order valence-corrected chi connectivity index (χ2v) is 6.78. The van der Waals surface area contributed by atoms with E-state index in [1.165, 1.54) is 0 Å². The summed E-state index contributed by atoms with van der Waals surface area (Å²) in [6.07, 6.45) is 2.43. The lowest BCUT2D eigenvalue weighted by Crippen LogP contribution is -2.29. The first-order valence-electron chi connectivity index (χ1n) is 8.49. The Morgan fingerprint density at radius 2 is 2.38 bits per heavy atom. The number of amides is 1. The molecule has 134 valence electrons. The van der Waals surface area contributed by atoms with Crippen molar-refractivity contribution in [2.45, 2.75) is 19.3 Å². The lowest BCUT2D eigenvalue weighted by Gasteiger charge is -2.17. The summed E-state index contributed by atoms with van der Waals surface area (Å²) in [7, 11) is 0. The molecule has 0 N–H and O–H groups in total. The number of nitrogens with zero attached hydrogens (tertiary/aromatic N) is 4. The fraction of sp³-hybridized carbons (Fsp3) is 0.333. The maximum absolute atomic E-state index is 12.9. The van der Waals surface area contributed by atoms with E-state index < -0.39 is 0 Å². The van der Waals surface area contributed by atoms with Crippen LogP contribution in [0.2, 0.25) is 0 Å². The molecule has 26 heavy (non-hydrogen) atoms. The predicted octanol–water partition coefficient (Wildman–Crippen LogP) is 3.22. The number of carbonyl (C=O) groups excluding carboxylic acids is 1. The smallest absolute Gasteiger partial charge is 0.259 e. The second kappa shape index (κ2) is 7.25. The van der Waals surface area contributed by atoms with Gasteiger partial charge in [-0.15, -0.1) is 0 Å². The van der Waals surface area contributed by atoms with Crippen molar-refractivity contribution in [3.8, 4) is 17.3 Å². The highest BCUT2D eigenvalue weighted by Gasteiger charge is 2.32. The van der Waals surface area contributed by atoms with Crippen molar-refractivity contribution in [2.24, 2.45) is 0 Å². The highest BCUT2D eigenvalue weighted by Crippen LogP contribution is 2.29. The molecule has 0 radical (unpaired) electrons. The van der Waals surface area contributed by atoms with Crippen molar-refractivity contribution in [1.82, 2.24) is 20.0 Å². The van der Waals surface area contributed by atoms with Crippen molar-refractivity contribution in [1.29, 1.82) is 0 Å². The molecule has 0 saturated carbocycles. The standard InChI is InChI=1S/C18H18N4O3S/c1-2-24-17-14(4-3-7-19-17)18(23)22-8-5-12(10-22)15-20-16(25-21-15)13-6-9-26-11-13/h3-4,6-7,9,11-12H,2,5,8,10H2,1H3/t12-/m1/s1. The molecular formula is C18H18N4O3S. The molecule has 7 nitrogen and oxygen atoms in total. The van der Waals surface area contributed by atoms with Gasteiger partial charge in [-0.25, -0.2) is 4.98 Å². The Bertz CT molecular complexity index is 893. The number of hydrogen-bond donors (Lipinski definition) is 0. The fourth-order valence-corrected chi connectivity index (χ4v) is 3.66. The lowest BCUT2D eigenvalue weighted by molar-refractivity contribution is 0.0785. The zero-order valence-corrected chi connectivity index (χ0v) is 15.1. The average Bonchev–Trinajstić information content (AvgIpc) is 3.42. The molecule has 0 spiro atoms. The van der Waals surface area contributed by atoms with Gasteiger partial charge in [-0.05, 0) is 36.9 Å². The summed E-state index contributed by atoms with van der Waals surface area (Å²) in [6.45, 7) is 3.54. The van der Waals surface area contributed by atoms with Crippen molar-refractivity contribution < 1.29 is 14.1 Å². The van der Waals surface area contributed by atoms with Crippen LogP contribution in [-0.2, 0) is 0 Å². The van der Waals surface area contributed by atoms with E-state index in [9.17, 15) is 4.79 Å². The maximum Gasteiger partial charge on any atom is 0.259 e. The van der Waals surface area contributed by atoms with Gasteiger partial charge in [0.1, 0.15) is 5.56 Å². The Balaban J connectivity index is 1.48. The predicted molar refractivity (Wildman–Crippen MR) is 96.3 cm³/mol. The average molecular weight is 370 g/mol. The minimum absolute atomic E-state index is 0.0716. The molecule has 0 bridgehead atoms. The van der Waals surface area contributed by atoms with Gasteiger partial charge in [-0.2, -0.15) is 16.3 Å². The minimum atomic E-state index is -0.0781. The Hall–Kier alpha value is -2.74. The van der Waals surface area contributed by atoms with Crippen LogP contribution in [0.5, 0.6) is 5.88 Å². The van der Waals surface area contributed by atoms with E-state index in [1.54, 1.807) is 34.6 Å². The molecule has 3 aromatic rings. The van der Waals surface area contributed by atoms with E-state index in [0.29, 0.717) is 42.9 Å². The van der Waals surface area contributed by atoms with Gasteiger partial charge >= 0.3 is 0 Å².